The van der Waals surface area contributed by atoms with E-state index in [1.54, 1.807) is 11.9 Å². The average Bonchev–Trinajstić information content (AvgIpc) is 3.21. The Hall–Kier alpha value is -1.84. The van der Waals surface area contributed by atoms with Gasteiger partial charge in [-0.1, -0.05) is 38.8 Å². The Balaban J connectivity index is 0.00000363. The first-order chi connectivity index (χ1) is 14.9. The highest BCUT2D eigenvalue weighted by molar-refractivity contribution is 14.0. The van der Waals surface area contributed by atoms with Crippen molar-refractivity contribution >= 4 is 41.8 Å². The van der Waals surface area contributed by atoms with E-state index in [4.69, 9.17) is 0 Å². The summed E-state index contributed by atoms with van der Waals surface area (Å²) in [6.07, 6.45) is 6.50. The van der Waals surface area contributed by atoms with Crippen molar-refractivity contribution in [1.82, 2.24) is 20.9 Å². The number of hydrogen-bond donors (Lipinski definition) is 3. The number of nitrogens with one attached hydrogen (secondary N) is 3. The van der Waals surface area contributed by atoms with E-state index in [0.29, 0.717) is 36.5 Å². The third kappa shape index (κ3) is 7.35. The van der Waals surface area contributed by atoms with E-state index in [0.717, 1.165) is 18.1 Å². The molecule has 0 bridgehead atoms. The molecule has 3 rings (SSSR count). The molecule has 2 aliphatic rings. The van der Waals surface area contributed by atoms with Crippen molar-refractivity contribution in [1.29, 1.82) is 0 Å². The van der Waals surface area contributed by atoms with Gasteiger partial charge in [0.25, 0.3) is 5.91 Å². The minimum Gasteiger partial charge on any atom is -0.356 e. The summed E-state index contributed by atoms with van der Waals surface area (Å²) in [6.45, 7) is 7.40. The molecule has 32 heavy (non-hydrogen) atoms. The molecule has 0 aromatic heterocycles. The normalized spacial score (nSPS) is 18.2. The van der Waals surface area contributed by atoms with Gasteiger partial charge in [-0.05, 0) is 48.3 Å². The molecule has 1 aromatic rings. The van der Waals surface area contributed by atoms with Crippen molar-refractivity contribution in [2.24, 2.45) is 16.3 Å². The SMILES string of the molecule is CN=C(NCc1ccc(C(=O)N2CCNC(=O)C2)cc1)NCC1(CC(C)C)CCCC1.I. The number of rotatable bonds is 7. The molecule has 8 heteroatoms. The summed E-state index contributed by atoms with van der Waals surface area (Å²) in [5.41, 5.74) is 2.07. The van der Waals surface area contributed by atoms with Crippen molar-refractivity contribution in [2.45, 2.75) is 52.5 Å². The van der Waals surface area contributed by atoms with Gasteiger partial charge in [0.2, 0.25) is 5.91 Å². The molecule has 2 amide bonds. The number of halogens is 1. The van der Waals surface area contributed by atoms with Gasteiger partial charge in [-0.25, -0.2) is 0 Å². The van der Waals surface area contributed by atoms with Gasteiger partial charge in [-0.15, -0.1) is 24.0 Å². The maximum Gasteiger partial charge on any atom is 0.254 e. The van der Waals surface area contributed by atoms with Crippen LogP contribution in [-0.2, 0) is 11.3 Å². The van der Waals surface area contributed by atoms with Crippen LogP contribution in [0.1, 0.15) is 61.9 Å². The summed E-state index contributed by atoms with van der Waals surface area (Å²) in [4.78, 5) is 30.1. The molecule has 1 aliphatic carbocycles. The maximum absolute atomic E-state index is 12.6. The van der Waals surface area contributed by atoms with Crippen LogP contribution < -0.4 is 16.0 Å². The Labute approximate surface area is 209 Å². The summed E-state index contributed by atoms with van der Waals surface area (Å²) in [5, 5.41) is 9.67. The van der Waals surface area contributed by atoms with Crippen LogP contribution in [0, 0.1) is 11.3 Å². The number of amides is 2. The van der Waals surface area contributed by atoms with E-state index in [9.17, 15) is 9.59 Å². The molecule has 1 heterocycles. The fraction of sp³-hybridized carbons (Fsp3) is 0.625. The monoisotopic (exact) mass is 555 g/mol. The van der Waals surface area contributed by atoms with Crippen LogP contribution in [0.4, 0.5) is 0 Å². The Morgan fingerprint density at radius 3 is 2.47 bits per heavy atom. The van der Waals surface area contributed by atoms with Crippen molar-refractivity contribution in [3.63, 3.8) is 0 Å². The molecule has 0 atom stereocenters. The molecule has 0 radical (unpaired) electrons. The average molecular weight is 556 g/mol. The van der Waals surface area contributed by atoms with Crippen molar-refractivity contribution in [2.75, 3.05) is 33.2 Å². The summed E-state index contributed by atoms with van der Waals surface area (Å²) >= 11 is 0. The quantitative estimate of drug-likeness (QED) is 0.274. The minimum atomic E-state index is -0.105. The predicted molar refractivity (Wildman–Crippen MR) is 139 cm³/mol. The molecule has 3 N–H and O–H groups in total. The molecular weight excluding hydrogens is 517 g/mol. The molecule has 7 nitrogen and oxygen atoms in total. The Morgan fingerprint density at radius 2 is 1.88 bits per heavy atom. The van der Waals surface area contributed by atoms with Gasteiger partial charge in [0.05, 0.1) is 6.54 Å². The lowest BCUT2D eigenvalue weighted by Gasteiger charge is -2.32. The molecule has 1 saturated carbocycles. The molecule has 0 unspecified atom stereocenters. The van der Waals surface area contributed by atoms with E-state index in [2.05, 4.69) is 34.8 Å². The Bertz CT molecular complexity index is 788. The number of carbonyl (C=O) groups is 2. The smallest absolute Gasteiger partial charge is 0.254 e. The molecule has 2 fully saturated rings. The van der Waals surface area contributed by atoms with Gasteiger partial charge < -0.3 is 20.9 Å². The van der Waals surface area contributed by atoms with Crippen molar-refractivity contribution < 1.29 is 9.59 Å². The molecule has 1 aromatic carbocycles. The first-order valence-corrected chi connectivity index (χ1v) is 11.5. The topological polar surface area (TPSA) is 85.8 Å². The highest BCUT2D eigenvalue weighted by atomic mass is 127. The van der Waals surface area contributed by atoms with Gasteiger partial charge in [0.15, 0.2) is 5.96 Å². The zero-order valence-electron chi connectivity index (χ0n) is 19.6. The van der Waals surface area contributed by atoms with E-state index in [1.165, 1.54) is 32.1 Å². The van der Waals surface area contributed by atoms with E-state index in [-0.39, 0.29) is 42.3 Å². The maximum atomic E-state index is 12.6. The van der Waals surface area contributed by atoms with Gasteiger partial charge in [-0.3, -0.25) is 14.6 Å². The molecular formula is C24H38IN5O2. The third-order valence-corrected chi connectivity index (χ3v) is 6.35. The van der Waals surface area contributed by atoms with Crippen LogP contribution in [0.15, 0.2) is 29.3 Å². The first kappa shape index (κ1) is 26.4. The number of guanidine groups is 1. The van der Waals surface area contributed by atoms with Crippen molar-refractivity contribution in [3.05, 3.63) is 35.4 Å². The van der Waals surface area contributed by atoms with E-state index >= 15 is 0 Å². The summed E-state index contributed by atoms with van der Waals surface area (Å²) < 4.78 is 0. The van der Waals surface area contributed by atoms with Crippen LogP contribution in [-0.4, -0.2) is 55.9 Å². The summed E-state index contributed by atoms with van der Waals surface area (Å²) in [6, 6.07) is 7.57. The fourth-order valence-corrected chi connectivity index (χ4v) is 4.88. The zero-order chi connectivity index (χ0) is 22.3. The Kier molecular flexibility index (Phi) is 10.2. The summed E-state index contributed by atoms with van der Waals surface area (Å²) in [7, 11) is 1.80. The molecule has 178 valence electrons. The van der Waals surface area contributed by atoms with Crippen LogP contribution >= 0.6 is 24.0 Å². The number of aliphatic imine (C=N–C) groups is 1. The van der Waals surface area contributed by atoms with Crippen LogP contribution in [0.25, 0.3) is 0 Å². The minimum absolute atomic E-state index is 0. The van der Waals surface area contributed by atoms with Crippen LogP contribution in [0.2, 0.25) is 0 Å². The summed E-state index contributed by atoms with van der Waals surface area (Å²) in [5.74, 6) is 1.32. The lowest BCUT2D eigenvalue weighted by molar-refractivity contribution is -0.123. The second-order valence-electron chi connectivity index (χ2n) is 9.36. The van der Waals surface area contributed by atoms with Gasteiger partial charge >= 0.3 is 0 Å². The highest BCUT2D eigenvalue weighted by Crippen LogP contribution is 2.42. The molecule has 0 spiro atoms. The van der Waals surface area contributed by atoms with Gasteiger partial charge in [0, 0.05) is 38.8 Å². The number of nitrogens with zero attached hydrogens (tertiary/aromatic N) is 2. The fourth-order valence-electron chi connectivity index (χ4n) is 4.88. The highest BCUT2D eigenvalue weighted by Gasteiger charge is 2.34. The second-order valence-corrected chi connectivity index (χ2v) is 9.36. The van der Waals surface area contributed by atoms with Crippen molar-refractivity contribution in [3.8, 4) is 0 Å². The standard InChI is InChI=1S/C24H37N5O2.HI/c1-18(2)14-24(10-4-5-11-24)17-28-23(25-3)27-15-19-6-8-20(9-7-19)22(31)29-13-12-26-21(30)16-29;/h6-9,18H,4-5,10-17H2,1-3H3,(H,26,30)(H2,25,27,28);1H. The van der Waals surface area contributed by atoms with E-state index in [1.807, 2.05) is 24.3 Å². The molecule has 1 aliphatic heterocycles. The lowest BCUT2D eigenvalue weighted by atomic mass is 9.78. The first-order valence-electron chi connectivity index (χ1n) is 11.5. The number of carbonyl (C=O) groups excluding carboxylic acids is 2. The van der Waals surface area contributed by atoms with Gasteiger partial charge in [-0.2, -0.15) is 0 Å². The number of piperazine rings is 1. The lowest BCUT2D eigenvalue weighted by Crippen LogP contribution is -2.49. The van der Waals surface area contributed by atoms with Crippen LogP contribution in [0.3, 0.4) is 0 Å². The predicted octanol–water partition coefficient (Wildman–Crippen LogP) is 3.15. The molecule has 1 saturated heterocycles. The largest absolute Gasteiger partial charge is 0.356 e. The third-order valence-electron chi connectivity index (χ3n) is 6.35. The number of hydrogen-bond acceptors (Lipinski definition) is 3. The van der Waals surface area contributed by atoms with E-state index < -0.39 is 0 Å². The van der Waals surface area contributed by atoms with Crippen LogP contribution in [0.5, 0.6) is 0 Å². The van der Waals surface area contributed by atoms with Gasteiger partial charge in [0.1, 0.15) is 0 Å². The second kappa shape index (κ2) is 12.4. The Morgan fingerprint density at radius 1 is 1.19 bits per heavy atom. The zero-order valence-corrected chi connectivity index (χ0v) is 21.9. The number of benzene rings is 1.